The van der Waals surface area contributed by atoms with Crippen molar-refractivity contribution in [3.8, 4) is 0 Å². The molecule has 0 radical (unpaired) electrons. The first-order valence-corrected chi connectivity index (χ1v) is 26.8. The Morgan fingerprint density at radius 1 is 0.593 bits per heavy atom. The van der Waals surface area contributed by atoms with Crippen LogP contribution in [-0.4, -0.2) is 193 Å². The Balaban J connectivity index is 1.37. The van der Waals surface area contributed by atoms with E-state index in [2.05, 4.69) is 10.6 Å². The van der Waals surface area contributed by atoms with Crippen molar-refractivity contribution in [1.82, 2.24) is 10.6 Å². The Bertz CT molecular complexity index is 2400. The van der Waals surface area contributed by atoms with Crippen LogP contribution >= 0.6 is 0 Å². The molecule has 9 N–H and O–H groups in total. The molecule has 28 heteroatoms. The average Bonchev–Trinajstić information content (AvgIpc) is 3.52. The number of benzene rings is 1. The van der Waals surface area contributed by atoms with Gasteiger partial charge in [0.05, 0.1) is 48.7 Å². The Kier molecular flexibility index (Phi) is 21.6. The zero-order chi connectivity index (χ0) is 60.1. The predicted molar refractivity (Wildman–Crippen MR) is 272 cm³/mol. The maximum Gasteiger partial charge on any atom is 0.404 e. The number of carboxylic acids is 1. The number of carboxylic acid groups (broad SMARTS) is 1. The van der Waals surface area contributed by atoms with Gasteiger partial charge in [0.2, 0.25) is 17.7 Å². The number of nitrogens with one attached hydrogen (secondary N) is 2. The molecular formula is C53H78N4O24. The van der Waals surface area contributed by atoms with Crippen molar-refractivity contribution in [1.29, 1.82) is 0 Å². The van der Waals surface area contributed by atoms with E-state index < -0.39 is 200 Å². The van der Waals surface area contributed by atoms with Crippen LogP contribution in [0, 0.1) is 35.5 Å². The highest BCUT2D eigenvalue weighted by Gasteiger charge is 2.60. The summed E-state index contributed by atoms with van der Waals surface area (Å²) in [4.78, 5) is 102. The molecule has 0 saturated carbocycles. The predicted octanol–water partition coefficient (Wildman–Crippen LogP) is 0.126. The summed E-state index contributed by atoms with van der Waals surface area (Å²) in [6.07, 6.45) is -24.5. The molecule has 1 aromatic rings. The van der Waals surface area contributed by atoms with Gasteiger partial charge in [-0.25, -0.2) is 14.4 Å². The van der Waals surface area contributed by atoms with Crippen LogP contribution < -0.4 is 22.1 Å². The van der Waals surface area contributed by atoms with Crippen LogP contribution in [0.5, 0.6) is 0 Å². The molecule has 11 unspecified atom stereocenters. The summed E-state index contributed by atoms with van der Waals surface area (Å²) in [7, 11) is 0. The SMILES string of the molecule is CC(=O)NC1[C@H](O[C@@H]2C(CO[C@@H]3OC(COC(C)=O)[C@@H](C)[C@H](C)C3OC(C)=O)O[C@@H](OC3C(O)OC(C(N)=O)[C@@](C)(O)[C@@H]3OC(N)=O)C(NC(C)=O)[C@H]2C)OC(C)[C@@H](O[C@@H]2OC(C(=O)O)[C@H](C)[C@H](C)C2OC(=O)c2ccccc2)[C@@H]1C. The van der Waals surface area contributed by atoms with E-state index in [1.54, 1.807) is 71.9 Å². The van der Waals surface area contributed by atoms with Crippen molar-refractivity contribution in [2.45, 2.75) is 199 Å². The van der Waals surface area contributed by atoms with Gasteiger partial charge in [0.1, 0.15) is 18.3 Å². The Labute approximate surface area is 467 Å². The second kappa shape index (κ2) is 27.2. The number of nitrogens with two attached hydrogens (primary N) is 2. The standard InChI is InChI=1S/C53H78N4O24/c1-20-21(2)39(72-30(11)61)50(73-32(20)18-69-29(10)60)70-19-33-37(25(6)35(57-28(9)59)49(74-33)79-41-42(81-52(55)67)53(12,68)43(44(54)62)80-47(41)66)77-48-34(56-27(8)58)24(5)36(26(7)71-48)76-51-40(23(4)22(3)38(78-51)45(63)64)75-46(65)31-16-14-13-15-17-31/h13-17,20-26,32-43,47-51,66,68H,18-19H2,1-12H3,(H2,54,62)(H2,55,67)(H,56,58)(H,57,59)(H,63,64)/t20-,21-,22+,23-,24+,25+,26?,32?,33?,34?,35?,36-,37-,38?,39?,40?,41?,42+,43?,47?,48-,49-,50+,51+,53-/m0/s1. The first kappa shape index (κ1) is 64.5. The first-order chi connectivity index (χ1) is 37.9. The van der Waals surface area contributed by atoms with Gasteiger partial charge in [-0.1, -0.05) is 59.7 Å². The van der Waals surface area contributed by atoms with Gasteiger partial charge < -0.3 is 99.0 Å². The summed E-state index contributed by atoms with van der Waals surface area (Å²) in [5.41, 5.74) is 8.63. The summed E-state index contributed by atoms with van der Waals surface area (Å²) in [6, 6.07) is 5.75. The average molecular weight is 1160 g/mol. The number of aliphatic hydroxyl groups excluding tert-OH is 1. The topological polar surface area (TPSA) is 393 Å². The van der Waals surface area contributed by atoms with Gasteiger partial charge in [0.15, 0.2) is 68.1 Å². The van der Waals surface area contributed by atoms with Gasteiger partial charge in [-0.05, 0) is 37.8 Å². The maximum absolute atomic E-state index is 13.5. The number of aliphatic hydroxyl groups is 2. The smallest absolute Gasteiger partial charge is 0.404 e. The number of primary amides is 2. The summed E-state index contributed by atoms with van der Waals surface area (Å²) in [5, 5.41) is 38.9. The number of rotatable bonds is 19. The fourth-order valence-electron chi connectivity index (χ4n) is 11.1. The molecule has 5 saturated heterocycles. The van der Waals surface area contributed by atoms with Gasteiger partial charge in [0, 0.05) is 51.4 Å². The Morgan fingerprint density at radius 2 is 1.14 bits per heavy atom. The number of esters is 3. The van der Waals surface area contributed by atoms with Crippen LogP contribution in [0.25, 0.3) is 0 Å². The molecule has 28 nitrogen and oxygen atoms in total. The van der Waals surface area contributed by atoms with Crippen LogP contribution in [-0.2, 0) is 90.3 Å². The number of carbonyl (C=O) groups excluding carboxylic acids is 7. The van der Waals surface area contributed by atoms with Gasteiger partial charge in [-0.2, -0.15) is 0 Å². The molecule has 5 fully saturated rings. The molecule has 81 heavy (non-hydrogen) atoms. The van der Waals surface area contributed by atoms with Crippen LogP contribution in [0.3, 0.4) is 0 Å². The Morgan fingerprint density at radius 3 is 1.69 bits per heavy atom. The van der Waals surface area contributed by atoms with E-state index >= 15 is 0 Å². The zero-order valence-corrected chi connectivity index (χ0v) is 47.2. The van der Waals surface area contributed by atoms with E-state index in [-0.39, 0.29) is 18.1 Å². The van der Waals surface area contributed by atoms with Gasteiger partial charge >= 0.3 is 30.0 Å². The van der Waals surface area contributed by atoms with Crippen LogP contribution in [0.15, 0.2) is 30.3 Å². The Hall–Kier alpha value is -5.66. The van der Waals surface area contributed by atoms with Crippen molar-refractivity contribution in [2.24, 2.45) is 47.0 Å². The monoisotopic (exact) mass is 1150 g/mol. The third kappa shape index (κ3) is 15.1. The molecule has 1 aromatic carbocycles. The third-order valence-electron chi connectivity index (χ3n) is 15.9. The minimum Gasteiger partial charge on any atom is -0.479 e. The molecule has 0 bridgehead atoms. The van der Waals surface area contributed by atoms with Crippen LogP contribution in [0.4, 0.5) is 4.79 Å². The lowest BCUT2D eigenvalue weighted by Gasteiger charge is -2.52. The highest BCUT2D eigenvalue weighted by molar-refractivity contribution is 5.89. The van der Waals surface area contributed by atoms with E-state index in [4.69, 9.17) is 73.0 Å². The minimum atomic E-state index is -2.50. The molecule has 4 amide bonds. The largest absolute Gasteiger partial charge is 0.479 e. The van der Waals surface area contributed by atoms with Crippen molar-refractivity contribution < 1.29 is 115 Å². The second-order valence-electron chi connectivity index (χ2n) is 21.8. The van der Waals surface area contributed by atoms with Crippen molar-refractivity contribution >= 4 is 47.7 Å². The number of aliphatic carboxylic acids is 1. The fourth-order valence-corrected chi connectivity index (χ4v) is 11.1. The summed E-state index contributed by atoms with van der Waals surface area (Å²) >= 11 is 0. The molecule has 6 rings (SSSR count). The molecule has 0 aromatic heterocycles. The van der Waals surface area contributed by atoms with Gasteiger partial charge in [-0.3, -0.25) is 24.0 Å². The van der Waals surface area contributed by atoms with E-state index in [1.807, 2.05) is 6.92 Å². The molecule has 5 heterocycles. The van der Waals surface area contributed by atoms with Crippen molar-refractivity contribution in [2.75, 3.05) is 13.2 Å². The summed E-state index contributed by atoms with van der Waals surface area (Å²) < 4.78 is 79.7. The number of ether oxygens (including phenoxy) is 13. The molecule has 0 aliphatic carbocycles. The molecule has 25 atom stereocenters. The summed E-state index contributed by atoms with van der Waals surface area (Å²) in [5.74, 6) is -9.52. The highest BCUT2D eigenvalue weighted by Crippen LogP contribution is 2.42. The van der Waals surface area contributed by atoms with E-state index in [9.17, 15) is 53.7 Å². The van der Waals surface area contributed by atoms with Gasteiger partial charge in [0.25, 0.3) is 0 Å². The number of hydrogen-bond acceptors (Lipinski definition) is 23. The highest BCUT2D eigenvalue weighted by atomic mass is 16.8. The molecular weight excluding hydrogens is 1080 g/mol. The van der Waals surface area contributed by atoms with Crippen molar-refractivity contribution in [3.05, 3.63) is 35.9 Å². The zero-order valence-electron chi connectivity index (χ0n) is 47.2. The third-order valence-corrected chi connectivity index (χ3v) is 15.9. The van der Waals surface area contributed by atoms with Crippen LogP contribution in [0.2, 0.25) is 0 Å². The lowest BCUT2D eigenvalue weighted by Crippen LogP contribution is -2.71. The molecule has 5 aliphatic heterocycles. The quantitative estimate of drug-likeness (QED) is 0.0715. The molecule has 5 aliphatic rings. The van der Waals surface area contributed by atoms with Crippen molar-refractivity contribution in [3.63, 3.8) is 0 Å². The molecule has 0 spiro atoms. The molecule has 454 valence electrons. The van der Waals surface area contributed by atoms with Gasteiger partial charge in [-0.15, -0.1) is 0 Å². The van der Waals surface area contributed by atoms with E-state index in [0.717, 1.165) is 6.92 Å². The number of carbonyl (C=O) groups is 8. The van der Waals surface area contributed by atoms with E-state index in [1.165, 1.54) is 27.7 Å². The lowest BCUT2D eigenvalue weighted by atomic mass is 9.83. The fraction of sp³-hybridized carbons (Fsp3) is 0.736. The number of amides is 4. The normalized spacial score (nSPS) is 40.6. The number of hydrogen-bond donors (Lipinski definition) is 7. The lowest BCUT2D eigenvalue weighted by molar-refractivity contribution is -0.369. The summed E-state index contributed by atoms with van der Waals surface area (Å²) in [6.45, 7) is 17.1. The minimum absolute atomic E-state index is 0.194. The van der Waals surface area contributed by atoms with E-state index in [0.29, 0.717) is 0 Å². The first-order valence-electron chi connectivity index (χ1n) is 26.8. The van der Waals surface area contributed by atoms with Crippen LogP contribution in [0.1, 0.15) is 93.4 Å². The second-order valence-corrected chi connectivity index (χ2v) is 21.8. The maximum atomic E-state index is 13.5.